The van der Waals surface area contributed by atoms with Gasteiger partial charge in [0.05, 0.1) is 5.75 Å². The molecule has 0 bridgehead atoms. The zero-order valence-electron chi connectivity index (χ0n) is 19.5. The van der Waals surface area contributed by atoms with Crippen molar-refractivity contribution in [1.29, 1.82) is 0 Å². The zero-order chi connectivity index (χ0) is 24.1. The van der Waals surface area contributed by atoms with Gasteiger partial charge in [-0.2, -0.15) is 0 Å². The second-order valence-corrected chi connectivity index (χ2v) is 9.93. The quantitative estimate of drug-likeness (QED) is 0.409. The highest BCUT2D eigenvalue weighted by Crippen LogP contribution is 2.39. The molecular weight excluding hydrogens is 464 g/mol. The second kappa shape index (κ2) is 11.1. The van der Waals surface area contributed by atoms with Crippen molar-refractivity contribution >= 4 is 35.2 Å². The topological polar surface area (TPSA) is 49.4 Å². The monoisotopic (exact) mass is 492 g/mol. The molecule has 1 unspecified atom stereocenters. The van der Waals surface area contributed by atoms with Crippen LogP contribution in [0.5, 0.6) is 0 Å². The molecule has 0 aliphatic carbocycles. The van der Waals surface area contributed by atoms with E-state index in [-0.39, 0.29) is 17.2 Å². The zero-order valence-corrected chi connectivity index (χ0v) is 21.1. The van der Waals surface area contributed by atoms with Crippen LogP contribution in [0.2, 0.25) is 5.02 Å². The number of carbonyl (C=O) groups is 2. The van der Waals surface area contributed by atoms with E-state index in [0.717, 1.165) is 24.0 Å². The van der Waals surface area contributed by atoms with Crippen LogP contribution in [0.15, 0.2) is 66.7 Å². The third-order valence-corrected chi connectivity index (χ3v) is 7.70. The van der Waals surface area contributed by atoms with Crippen molar-refractivity contribution in [2.75, 3.05) is 5.75 Å². The fraction of sp³-hybridized carbons (Fsp3) is 0.286. The fourth-order valence-electron chi connectivity index (χ4n) is 4.17. The van der Waals surface area contributed by atoms with Gasteiger partial charge < -0.3 is 10.2 Å². The molecule has 0 radical (unpaired) electrons. The Kier molecular flexibility index (Phi) is 7.96. The summed E-state index contributed by atoms with van der Waals surface area (Å²) < 4.78 is 0. The molecule has 34 heavy (non-hydrogen) atoms. The molecule has 6 heteroatoms. The third-order valence-electron chi connectivity index (χ3n) is 6.19. The van der Waals surface area contributed by atoms with Crippen molar-refractivity contribution in [3.8, 4) is 0 Å². The SMILES string of the molecule is CCc1ccc(CC)c(CNC(=O)c2ccc(C3SCC(=O)N3Cc3ccc(Cl)cc3)cc2)c1. The van der Waals surface area contributed by atoms with Gasteiger partial charge in [0.1, 0.15) is 5.37 Å². The number of nitrogens with one attached hydrogen (secondary N) is 1. The molecule has 3 aromatic rings. The first-order valence-electron chi connectivity index (χ1n) is 11.6. The first kappa shape index (κ1) is 24.4. The van der Waals surface area contributed by atoms with Crippen LogP contribution in [0, 0.1) is 0 Å². The lowest BCUT2D eigenvalue weighted by Gasteiger charge is -2.24. The van der Waals surface area contributed by atoms with E-state index in [1.54, 1.807) is 11.8 Å². The third kappa shape index (κ3) is 5.65. The predicted molar refractivity (Wildman–Crippen MR) is 140 cm³/mol. The summed E-state index contributed by atoms with van der Waals surface area (Å²) in [5.74, 6) is 0.480. The summed E-state index contributed by atoms with van der Waals surface area (Å²) in [5, 5.41) is 3.68. The molecule has 0 spiro atoms. The molecule has 3 aromatic carbocycles. The van der Waals surface area contributed by atoms with E-state index in [9.17, 15) is 9.59 Å². The van der Waals surface area contributed by atoms with Gasteiger partial charge in [-0.05, 0) is 64.9 Å². The summed E-state index contributed by atoms with van der Waals surface area (Å²) >= 11 is 7.60. The predicted octanol–water partition coefficient (Wildman–Crippen LogP) is 6.17. The van der Waals surface area contributed by atoms with Gasteiger partial charge in [-0.3, -0.25) is 9.59 Å². The van der Waals surface area contributed by atoms with E-state index in [1.807, 2.05) is 53.4 Å². The maximum absolute atomic E-state index is 12.8. The van der Waals surface area contributed by atoms with Gasteiger partial charge in [0.15, 0.2) is 0 Å². The standard InChI is InChI=1S/C28H29ClN2O2S/c1-3-19-5-8-21(4-2)24(15-19)16-30-27(33)22-9-11-23(12-10-22)28-31(26(32)18-34-28)17-20-6-13-25(29)14-7-20/h5-15,28H,3-4,16-18H2,1-2H3,(H,30,33). The second-order valence-electron chi connectivity index (χ2n) is 8.43. The summed E-state index contributed by atoms with van der Waals surface area (Å²) in [4.78, 5) is 27.2. The summed E-state index contributed by atoms with van der Waals surface area (Å²) in [6, 6.07) is 21.7. The van der Waals surface area contributed by atoms with Gasteiger partial charge in [-0.15, -0.1) is 11.8 Å². The maximum Gasteiger partial charge on any atom is 0.251 e. The van der Waals surface area contributed by atoms with Crippen molar-refractivity contribution in [2.24, 2.45) is 0 Å². The van der Waals surface area contributed by atoms with Crippen LogP contribution in [0.3, 0.4) is 0 Å². The van der Waals surface area contributed by atoms with Gasteiger partial charge in [-0.1, -0.05) is 67.9 Å². The Morgan fingerprint density at radius 2 is 1.68 bits per heavy atom. The molecule has 2 amide bonds. The minimum atomic E-state index is -0.0938. The largest absolute Gasteiger partial charge is 0.348 e. The van der Waals surface area contributed by atoms with Gasteiger partial charge in [0.2, 0.25) is 5.91 Å². The minimum absolute atomic E-state index is 0.0656. The van der Waals surface area contributed by atoms with Gasteiger partial charge in [-0.25, -0.2) is 0 Å². The van der Waals surface area contributed by atoms with E-state index in [4.69, 9.17) is 11.6 Å². The van der Waals surface area contributed by atoms with Gasteiger partial charge >= 0.3 is 0 Å². The average Bonchev–Trinajstić information content (AvgIpc) is 3.23. The Hall–Kier alpha value is -2.76. The summed E-state index contributed by atoms with van der Waals surface area (Å²) in [6.45, 7) is 5.32. The van der Waals surface area contributed by atoms with Crippen molar-refractivity contribution in [3.63, 3.8) is 0 Å². The van der Waals surface area contributed by atoms with E-state index < -0.39 is 0 Å². The molecule has 1 heterocycles. The number of hydrogen-bond acceptors (Lipinski definition) is 3. The Balaban J connectivity index is 1.42. The lowest BCUT2D eigenvalue weighted by molar-refractivity contribution is -0.128. The molecule has 1 saturated heterocycles. The summed E-state index contributed by atoms with van der Waals surface area (Å²) in [7, 11) is 0. The van der Waals surface area contributed by atoms with Crippen LogP contribution in [0.25, 0.3) is 0 Å². The van der Waals surface area contributed by atoms with Gasteiger partial charge in [0, 0.05) is 23.7 Å². The number of nitrogens with zero attached hydrogens (tertiary/aromatic N) is 1. The van der Waals surface area contributed by atoms with E-state index in [2.05, 4.69) is 37.4 Å². The molecule has 0 aromatic heterocycles. The summed E-state index contributed by atoms with van der Waals surface area (Å²) in [6.07, 6.45) is 1.91. The molecule has 4 nitrogen and oxygen atoms in total. The average molecular weight is 493 g/mol. The van der Waals surface area contributed by atoms with Crippen molar-refractivity contribution in [3.05, 3.63) is 105 Å². The molecule has 1 aliphatic rings. The molecule has 1 N–H and O–H groups in total. The lowest BCUT2D eigenvalue weighted by atomic mass is 10.0. The first-order valence-corrected chi connectivity index (χ1v) is 13.1. The molecule has 0 saturated carbocycles. The van der Waals surface area contributed by atoms with E-state index >= 15 is 0 Å². The molecular formula is C28H29ClN2O2S. The molecule has 1 atom stereocenters. The normalized spacial score (nSPS) is 15.6. The van der Waals surface area contributed by atoms with Crippen molar-refractivity contribution in [1.82, 2.24) is 10.2 Å². The van der Waals surface area contributed by atoms with Crippen LogP contribution in [0.4, 0.5) is 0 Å². The number of amides is 2. The smallest absolute Gasteiger partial charge is 0.251 e. The number of rotatable bonds is 8. The highest BCUT2D eigenvalue weighted by atomic mass is 35.5. The molecule has 1 fully saturated rings. The van der Waals surface area contributed by atoms with Crippen molar-refractivity contribution in [2.45, 2.75) is 45.2 Å². The number of carbonyl (C=O) groups excluding carboxylic acids is 2. The fourth-order valence-corrected chi connectivity index (χ4v) is 5.49. The Morgan fingerprint density at radius 1 is 0.971 bits per heavy atom. The lowest BCUT2D eigenvalue weighted by Crippen LogP contribution is -2.27. The van der Waals surface area contributed by atoms with Crippen molar-refractivity contribution < 1.29 is 9.59 Å². The first-order chi connectivity index (χ1) is 16.5. The minimum Gasteiger partial charge on any atom is -0.348 e. The van der Waals surface area contributed by atoms with Crippen LogP contribution >= 0.6 is 23.4 Å². The molecule has 1 aliphatic heterocycles. The van der Waals surface area contributed by atoms with Crippen LogP contribution in [-0.4, -0.2) is 22.5 Å². The van der Waals surface area contributed by atoms with Crippen LogP contribution in [0.1, 0.15) is 57.4 Å². The van der Waals surface area contributed by atoms with Gasteiger partial charge in [0.25, 0.3) is 5.91 Å². The van der Waals surface area contributed by atoms with E-state index in [0.29, 0.717) is 29.4 Å². The Labute approximate surface area is 210 Å². The Morgan fingerprint density at radius 3 is 2.35 bits per heavy atom. The highest BCUT2D eigenvalue weighted by molar-refractivity contribution is 8.00. The molecule has 176 valence electrons. The van der Waals surface area contributed by atoms with Crippen LogP contribution in [-0.2, 0) is 30.7 Å². The number of halogens is 1. The molecule has 4 rings (SSSR count). The number of thioether (sulfide) groups is 1. The van der Waals surface area contributed by atoms with Crippen LogP contribution < -0.4 is 5.32 Å². The summed E-state index contributed by atoms with van der Waals surface area (Å²) in [5.41, 5.74) is 6.39. The number of aryl methyl sites for hydroxylation is 2. The Bertz CT molecular complexity index is 1160. The van der Waals surface area contributed by atoms with E-state index in [1.165, 1.54) is 16.7 Å². The highest BCUT2D eigenvalue weighted by Gasteiger charge is 2.32. The maximum atomic E-state index is 12.8. The number of hydrogen-bond donors (Lipinski definition) is 1. The number of benzene rings is 3.